The van der Waals surface area contributed by atoms with Gasteiger partial charge in [-0.2, -0.15) is 39.5 Å². The lowest BCUT2D eigenvalue weighted by molar-refractivity contribution is -0.143. The summed E-state index contributed by atoms with van der Waals surface area (Å²) >= 11 is 0. The van der Waals surface area contributed by atoms with Gasteiger partial charge in [0.25, 0.3) is 0 Å². The van der Waals surface area contributed by atoms with Gasteiger partial charge < -0.3 is 9.47 Å². The average molecular weight is 620 g/mol. The molecule has 0 N–H and O–H groups in total. The number of rotatable bonds is 6. The van der Waals surface area contributed by atoms with Gasteiger partial charge in [0.05, 0.1) is 36.4 Å². The van der Waals surface area contributed by atoms with Gasteiger partial charge in [0, 0.05) is 5.56 Å². The van der Waals surface area contributed by atoms with Gasteiger partial charge in [-0.1, -0.05) is 26.0 Å². The summed E-state index contributed by atoms with van der Waals surface area (Å²) in [4.78, 5) is 13.9. The van der Waals surface area contributed by atoms with E-state index in [1.807, 2.05) is 13.8 Å². The van der Waals surface area contributed by atoms with Gasteiger partial charge in [-0.15, -0.1) is 0 Å². The van der Waals surface area contributed by atoms with Crippen LogP contribution < -0.4 is 4.74 Å². The Hall–Kier alpha value is -3.90. The first-order valence-electron chi connectivity index (χ1n) is 13.0. The highest BCUT2D eigenvalue weighted by Crippen LogP contribution is 2.43. The van der Waals surface area contributed by atoms with Crippen LogP contribution in [0.25, 0.3) is 11.1 Å². The molecule has 4 rings (SSSR count). The highest BCUT2D eigenvalue weighted by Gasteiger charge is 2.43. The number of halogens is 9. The van der Waals surface area contributed by atoms with Crippen molar-refractivity contribution in [1.29, 1.82) is 0 Å². The molecular weight excluding hydrogens is 593 g/mol. The predicted molar refractivity (Wildman–Crippen MR) is 138 cm³/mol. The molecule has 4 nitrogen and oxygen atoms in total. The first kappa shape index (κ1) is 32.0. The molecule has 3 aromatic carbocycles. The molecule has 1 saturated heterocycles. The monoisotopic (exact) mass is 619 g/mol. The van der Waals surface area contributed by atoms with E-state index in [1.165, 1.54) is 20.1 Å². The van der Waals surface area contributed by atoms with Crippen molar-refractivity contribution in [2.24, 2.45) is 0 Å². The third kappa shape index (κ3) is 6.70. The number of alkyl halides is 9. The molecule has 1 aliphatic rings. The maximum atomic E-state index is 13.7. The highest BCUT2D eigenvalue weighted by atomic mass is 19.4. The lowest BCUT2D eigenvalue weighted by Crippen LogP contribution is -2.32. The molecule has 0 spiro atoms. The number of carbonyl (C=O) groups excluding carboxylic acids is 1. The van der Waals surface area contributed by atoms with Crippen LogP contribution in [0.3, 0.4) is 0 Å². The van der Waals surface area contributed by atoms with Crippen LogP contribution >= 0.6 is 0 Å². The highest BCUT2D eigenvalue weighted by molar-refractivity contribution is 5.76. The quantitative estimate of drug-likeness (QED) is 0.258. The number of amides is 1. The van der Waals surface area contributed by atoms with Gasteiger partial charge in [-0.3, -0.25) is 4.90 Å². The minimum atomic E-state index is -5.13. The van der Waals surface area contributed by atoms with E-state index in [1.54, 1.807) is 18.2 Å². The van der Waals surface area contributed by atoms with Crippen molar-refractivity contribution in [3.63, 3.8) is 0 Å². The summed E-state index contributed by atoms with van der Waals surface area (Å²) in [5, 5.41) is 0. The smallest absolute Gasteiger partial charge is 0.416 e. The first-order valence-corrected chi connectivity index (χ1v) is 13.0. The van der Waals surface area contributed by atoms with E-state index in [0.29, 0.717) is 23.4 Å². The molecule has 0 unspecified atom stereocenters. The van der Waals surface area contributed by atoms with Crippen molar-refractivity contribution in [1.82, 2.24) is 4.90 Å². The molecule has 1 amide bonds. The third-order valence-electron chi connectivity index (χ3n) is 7.28. The van der Waals surface area contributed by atoms with Gasteiger partial charge in [0.15, 0.2) is 0 Å². The van der Waals surface area contributed by atoms with E-state index in [0.717, 1.165) is 22.6 Å². The summed E-state index contributed by atoms with van der Waals surface area (Å²) in [5.74, 6) is 0.384. The minimum Gasteiger partial charge on any atom is -0.496 e. The number of carbonyl (C=O) groups is 1. The number of hydrogen-bond acceptors (Lipinski definition) is 3. The van der Waals surface area contributed by atoms with Crippen LogP contribution in [0, 0.1) is 0 Å². The molecule has 3 aromatic rings. The fourth-order valence-electron chi connectivity index (χ4n) is 4.95. The molecule has 0 bridgehead atoms. The molecule has 1 aliphatic heterocycles. The average Bonchev–Trinajstić information content (AvgIpc) is 3.19. The molecular formula is C30H26F9NO3. The molecule has 0 aromatic heterocycles. The number of hydrogen-bond donors (Lipinski definition) is 0. The summed E-state index contributed by atoms with van der Waals surface area (Å²) in [7, 11) is 1.38. The normalized spacial score (nSPS) is 17.9. The summed E-state index contributed by atoms with van der Waals surface area (Å²) in [6.45, 7) is 4.67. The van der Waals surface area contributed by atoms with Gasteiger partial charge in [0.2, 0.25) is 0 Å². The molecule has 1 heterocycles. The van der Waals surface area contributed by atoms with Crippen molar-refractivity contribution < 1.29 is 53.8 Å². The fourth-order valence-corrected chi connectivity index (χ4v) is 4.95. The zero-order valence-electron chi connectivity index (χ0n) is 23.2. The Morgan fingerprint density at radius 3 is 1.88 bits per heavy atom. The van der Waals surface area contributed by atoms with E-state index >= 15 is 0 Å². The Morgan fingerprint density at radius 2 is 1.37 bits per heavy atom. The molecule has 43 heavy (non-hydrogen) atoms. The van der Waals surface area contributed by atoms with Crippen LogP contribution in [0.1, 0.15) is 66.2 Å². The number of cyclic esters (lactones) is 1. The number of benzene rings is 3. The maximum absolute atomic E-state index is 13.7. The van der Waals surface area contributed by atoms with Gasteiger partial charge >= 0.3 is 24.6 Å². The van der Waals surface area contributed by atoms with Gasteiger partial charge in [-0.05, 0) is 77.6 Å². The van der Waals surface area contributed by atoms with Crippen LogP contribution in [0.2, 0.25) is 0 Å². The summed E-state index contributed by atoms with van der Waals surface area (Å²) in [6.07, 6.45) is -17.7. The summed E-state index contributed by atoms with van der Waals surface area (Å²) in [6, 6.07) is 7.87. The van der Waals surface area contributed by atoms with Crippen LogP contribution in [-0.4, -0.2) is 24.1 Å². The molecule has 13 heteroatoms. The molecule has 232 valence electrons. The molecule has 0 aliphatic carbocycles. The van der Waals surface area contributed by atoms with Crippen molar-refractivity contribution in [2.45, 2.75) is 63.9 Å². The summed E-state index contributed by atoms with van der Waals surface area (Å²) < 4.78 is 133. The zero-order valence-corrected chi connectivity index (χ0v) is 23.2. The maximum Gasteiger partial charge on any atom is 0.416 e. The lowest BCUT2D eigenvalue weighted by atomic mass is 9.92. The first-order chi connectivity index (χ1) is 19.8. The van der Waals surface area contributed by atoms with Crippen LogP contribution in [0.15, 0.2) is 54.6 Å². The van der Waals surface area contributed by atoms with Crippen LogP contribution in [0.5, 0.6) is 5.75 Å². The molecule has 0 radical (unpaired) electrons. The van der Waals surface area contributed by atoms with Crippen molar-refractivity contribution in [3.8, 4) is 16.9 Å². The Bertz CT molecular complexity index is 1480. The standard InChI is InChI=1S/C30H26F9NO3/c1-15(2)17-5-8-25(42-4)24(12-17)23-7-6-20(28(31,32)33)11-19(23)14-40-16(3)26(43-27(40)41)18-9-21(29(34,35)36)13-22(10-18)30(37,38)39/h5-13,15-16,26H,14H2,1-4H3/t16-,26+/m1/s1. The predicted octanol–water partition coefficient (Wildman–Crippen LogP) is 9.62. The minimum absolute atomic E-state index is 0.0125. The second-order valence-electron chi connectivity index (χ2n) is 10.5. The fraction of sp³-hybridized carbons (Fsp3) is 0.367. The second-order valence-corrected chi connectivity index (χ2v) is 10.5. The van der Waals surface area contributed by atoms with E-state index < -0.39 is 65.6 Å². The SMILES string of the molecule is COc1ccc(C(C)C)cc1-c1ccc(C(F)(F)F)cc1CN1C(=O)O[C@H](c2cc(C(F)(F)F)cc(C(F)(F)F)c2)[C@H]1C. The summed E-state index contributed by atoms with van der Waals surface area (Å²) in [5.41, 5.74) is -3.17. The zero-order chi connectivity index (χ0) is 32.1. The Balaban J connectivity index is 1.80. The van der Waals surface area contributed by atoms with Crippen molar-refractivity contribution in [3.05, 3.63) is 88.0 Å². The number of ether oxygens (including phenoxy) is 2. The third-order valence-corrected chi connectivity index (χ3v) is 7.28. The molecule has 1 fully saturated rings. The van der Waals surface area contributed by atoms with Crippen LogP contribution in [0.4, 0.5) is 44.3 Å². The van der Waals surface area contributed by atoms with E-state index in [2.05, 4.69) is 0 Å². The number of methoxy groups -OCH3 is 1. The molecule has 0 saturated carbocycles. The van der Waals surface area contributed by atoms with Crippen molar-refractivity contribution in [2.75, 3.05) is 7.11 Å². The Kier molecular flexibility index (Phi) is 8.42. The largest absolute Gasteiger partial charge is 0.496 e. The Morgan fingerprint density at radius 1 is 0.791 bits per heavy atom. The van der Waals surface area contributed by atoms with E-state index in [9.17, 15) is 44.3 Å². The Labute approximate surface area is 241 Å². The van der Waals surface area contributed by atoms with E-state index in [4.69, 9.17) is 9.47 Å². The lowest BCUT2D eigenvalue weighted by Gasteiger charge is -2.24. The topological polar surface area (TPSA) is 38.8 Å². The second kappa shape index (κ2) is 11.3. The van der Waals surface area contributed by atoms with Gasteiger partial charge in [-0.25, -0.2) is 4.79 Å². The van der Waals surface area contributed by atoms with Crippen LogP contribution in [-0.2, 0) is 29.8 Å². The van der Waals surface area contributed by atoms with Crippen molar-refractivity contribution >= 4 is 6.09 Å². The van der Waals surface area contributed by atoms with Gasteiger partial charge in [0.1, 0.15) is 11.9 Å². The van der Waals surface area contributed by atoms with E-state index in [-0.39, 0.29) is 23.1 Å². The molecule has 2 atom stereocenters. The number of nitrogens with zero attached hydrogens (tertiary/aromatic N) is 1.